The minimum Gasteiger partial charge on any atom is -0.355 e. The fourth-order valence-corrected chi connectivity index (χ4v) is 1.36. The maximum absolute atomic E-state index is 12.7. The van der Waals surface area contributed by atoms with Crippen LogP contribution in [-0.2, 0) is 15.9 Å². The van der Waals surface area contributed by atoms with Crippen molar-refractivity contribution >= 4 is 0 Å². The molecule has 96 valence electrons. The molecule has 0 unspecified atom stereocenters. The van der Waals surface area contributed by atoms with Crippen LogP contribution in [0.1, 0.15) is 5.82 Å². The molecule has 2 aromatic heterocycles. The lowest BCUT2D eigenvalue weighted by atomic mass is 10.3. The summed E-state index contributed by atoms with van der Waals surface area (Å²) in [5.74, 6) is 0.248. The Bertz CT molecular complexity index is 496. The second kappa shape index (κ2) is 5.65. The van der Waals surface area contributed by atoms with Crippen molar-refractivity contribution in [2.24, 2.45) is 0 Å². The van der Waals surface area contributed by atoms with E-state index in [1.807, 2.05) is 0 Å². The molecule has 0 N–H and O–H groups in total. The van der Waals surface area contributed by atoms with E-state index in [-0.39, 0.29) is 5.89 Å². The Kier molecular flexibility index (Phi) is 3.96. The Morgan fingerprint density at radius 2 is 2.11 bits per heavy atom. The lowest BCUT2D eigenvalue weighted by molar-refractivity contribution is -0.101. The summed E-state index contributed by atoms with van der Waals surface area (Å²) in [4.78, 5) is 7.97. The summed E-state index contributed by atoms with van der Waals surface area (Å²) in [5.41, 5.74) is 0.418. The molecule has 0 aliphatic heterocycles. The molecule has 0 aromatic carbocycles. The summed E-state index contributed by atoms with van der Waals surface area (Å²) in [6.45, 7) is 0. The summed E-state index contributed by atoms with van der Waals surface area (Å²) in [5, 5.41) is 3.77. The molecule has 0 atom stereocenters. The van der Waals surface area contributed by atoms with Crippen LogP contribution < -0.4 is 0 Å². The molecule has 7 heteroatoms. The highest BCUT2D eigenvalue weighted by atomic mass is 19.1. The molecule has 0 saturated carbocycles. The van der Waals surface area contributed by atoms with E-state index < -0.39 is 12.1 Å². The number of hydrogen-bond donors (Lipinski definition) is 0. The molecule has 0 aliphatic rings. The van der Waals surface area contributed by atoms with E-state index in [0.29, 0.717) is 17.9 Å². The third-order valence-corrected chi connectivity index (χ3v) is 2.29. The number of nitrogens with zero attached hydrogens (tertiary/aromatic N) is 3. The molecule has 0 spiro atoms. The SMILES string of the molecule is COC(Cc1noc(-c2ccc(F)cn2)n1)OC. The Balaban J connectivity index is 2.12. The zero-order valence-corrected chi connectivity index (χ0v) is 9.96. The summed E-state index contributed by atoms with van der Waals surface area (Å²) in [6.07, 6.45) is 1.01. The first kappa shape index (κ1) is 12.6. The van der Waals surface area contributed by atoms with E-state index in [1.54, 1.807) is 0 Å². The summed E-state index contributed by atoms with van der Waals surface area (Å²) < 4.78 is 27.8. The Labute approximate surface area is 103 Å². The Hall–Kier alpha value is -1.86. The van der Waals surface area contributed by atoms with Gasteiger partial charge in [-0.3, -0.25) is 0 Å². The highest BCUT2D eigenvalue weighted by Crippen LogP contribution is 2.15. The number of halogens is 1. The number of aromatic nitrogens is 3. The fraction of sp³-hybridized carbons (Fsp3) is 0.364. The predicted molar refractivity (Wildman–Crippen MR) is 59.0 cm³/mol. The number of hydrogen-bond acceptors (Lipinski definition) is 6. The molecule has 2 heterocycles. The second-order valence-corrected chi connectivity index (χ2v) is 3.48. The molecule has 18 heavy (non-hydrogen) atoms. The van der Waals surface area contributed by atoms with Crippen LogP contribution in [0.3, 0.4) is 0 Å². The van der Waals surface area contributed by atoms with E-state index in [0.717, 1.165) is 6.20 Å². The number of ether oxygens (including phenoxy) is 2. The highest BCUT2D eigenvalue weighted by Gasteiger charge is 2.14. The molecular weight excluding hydrogens is 241 g/mol. The standard InChI is InChI=1S/C11H12FN3O3/c1-16-10(17-2)5-9-14-11(18-15-9)8-4-3-7(12)6-13-8/h3-4,6,10H,5H2,1-2H3. The quantitative estimate of drug-likeness (QED) is 0.751. The van der Waals surface area contributed by atoms with Crippen molar-refractivity contribution in [1.29, 1.82) is 0 Å². The molecule has 0 bridgehead atoms. The van der Waals surface area contributed by atoms with Crippen molar-refractivity contribution in [3.8, 4) is 11.6 Å². The van der Waals surface area contributed by atoms with Gasteiger partial charge in [-0.15, -0.1) is 0 Å². The van der Waals surface area contributed by atoms with Gasteiger partial charge in [0.2, 0.25) is 0 Å². The highest BCUT2D eigenvalue weighted by molar-refractivity contribution is 5.45. The molecule has 0 radical (unpaired) electrons. The third kappa shape index (κ3) is 2.88. The van der Waals surface area contributed by atoms with Gasteiger partial charge in [0, 0.05) is 14.2 Å². The van der Waals surface area contributed by atoms with Crippen LogP contribution in [0.5, 0.6) is 0 Å². The number of pyridine rings is 1. The van der Waals surface area contributed by atoms with Crippen LogP contribution in [0.2, 0.25) is 0 Å². The van der Waals surface area contributed by atoms with Gasteiger partial charge in [-0.05, 0) is 12.1 Å². The molecule has 6 nitrogen and oxygen atoms in total. The minimum absolute atomic E-state index is 0.232. The van der Waals surface area contributed by atoms with Crippen molar-refractivity contribution in [2.75, 3.05) is 14.2 Å². The van der Waals surface area contributed by atoms with Gasteiger partial charge >= 0.3 is 0 Å². The van der Waals surface area contributed by atoms with Gasteiger partial charge in [0.25, 0.3) is 5.89 Å². The summed E-state index contributed by atoms with van der Waals surface area (Å²) >= 11 is 0. The van der Waals surface area contributed by atoms with Crippen molar-refractivity contribution in [3.05, 3.63) is 30.0 Å². The predicted octanol–water partition coefficient (Wildman–Crippen LogP) is 1.43. The van der Waals surface area contributed by atoms with Crippen LogP contribution in [0.15, 0.2) is 22.9 Å². The third-order valence-electron chi connectivity index (χ3n) is 2.29. The summed E-state index contributed by atoms with van der Waals surface area (Å²) in [7, 11) is 3.05. The first-order valence-corrected chi connectivity index (χ1v) is 5.23. The molecule has 2 aromatic rings. The maximum atomic E-state index is 12.7. The van der Waals surface area contributed by atoms with E-state index in [2.05, 4.69) is 15.1 Å². The molecule has 2 rings (SSSR count). The van der Waals surface area contributed by atoms with Gasteiger partial charge in [-0.1, -0.05) is 5.16 Å². The van der Waals surface area contributed by atoms with Gasteiger partial charge in [0.1, 0.15) is 11.5 Å². The normalized spacial score (nSPS) is 11.1. The Morgan fingerprint density at radius 3 is 2.72 bits per heavy atom. The van der Waals surface area contributed by atoms with Crippen molar-refractivity contribution < 1.29 is 18.4 Å². The monoisotopic (exact) mass is 253 g/mol. The molecule has 0 amide bonds. The van der Waals surface area contributed by atoms with Crippen LogP contribution in [-0.4, -0.2) is 35.6 Å². The van der Waals surface area contributed by atoms with Gasteiger partial charge < -0.3 is 14.0 Å². The van der Waals surface area contributed by atoms with Gasteiger partial charge in [-0.25, -0.2) is 9.37 Å². The maximum Gasteiger partial charge on any atom is 0.276 e. The molecule has 0 fully saturated rings. The van der Waals surface area contributed by atoms with E-state index in [4.69, 9.17) is 14.0 Å². The van der Waals surface area contributed by atoms with E-state index in [1.165, 1.54) is 26.4 Å². The average Bonchev–Trinajstić information content (AvgIpc) is 2.85. The molecule has 0 aliphatic carbocycles. The minimum atomic E-state index is -0.434. The second-order valence-electron chi connectivity index (χ2n) is 3.48. The zero-order valence-electron chi connectivity index (χ0n) is 9.96. The topological polar surface area (TPSA) is 70.3 Å². The largest absolute Gasteiger partial charge is 0.355 e. The van der Waals surface area contributed by atoms with E-state index in [9.17, 15) is 4.39 Å². The lowest BCUT2D eigenvalue weighted by Gasteiger charge is -2.09. The smallest absolute Gasteiger partial charge is 0.276 e. The molecular formula is C11H12FN3O3. The zero-order chi connectivity index (χ0) is 13.0. The van der Waals surface area contributed by atoms with Gasteiger partial charge in [-0.2, -0.15) is 4.98 Å². The van der Waals surface area contributed by atoms with Gasteiger partial charge in [0.05, 0.1) is 12.6 Å². The first-order chi connectivity index (χ1) is 8.72. The first-order valence-electron chi connectivity index (χ1n) is 5.23. The van der Waals surface area contributed by atoms with Crippen molar-refractivity contribution in [1.82, 2.24) is 15.1 Å². The van der Waals surface area contributed by atoms with Crippen LogP contribution >= 0.6 is 0 Å². The van der Waals surface area contributed by atoms with Gasteiger partial charge in [0.15, 0.2) is 12.1 Å². The van der Waals surface area contributed by atoms with E-state index >= 15 is 0 Å². The Morgan fingerprint density at radius 1 is 1.33 bits per heavy atom. The van der Waals surface area contributed by atoms with Crippen molar-refractivity contribution in [2.45, 2.75) is 12.7 Å². The average molecular weight is 253 g/mol. The fourth-order valence-electron chi connectivity index (χ4n) is 1.36. The molecule has 0 saturated heterocycles. The number of rotatable bonds is 5. The lowest BCUT2D eigenvalue weighted by Crippen LogP contribution is -2.16. The summed E-state index contributed by atoms with van der Waals surface area (Å²) in [6, 6.07) is 2.75. The van der Waals surface area contributed by atoms with Crippen LogP contribution in [0.4, 0.5) is 4.39 Å². The number of methoxy groups -OCH3 is 2. The van der Waals surface area contributed by atoms with Crippen LogP contribution in [0, 0.1) is 5.82 Å². The van der Waals surface area contributed by atoms with Crippen LogP contribution in [0.25, 0.3) is 11.6 Å². The van der Waals surface area contributed by atoms with Crippen molar-refractivity contribution in [3.63, 3.8) is 0 Å².